The molecule has 12 heavy (non-hydrogen) atoms. The fraction of sp³-hybridized carbons (Fsp3) is 1.00. The summed E-state index contributed by atoms with van der Waals surface area (Å²) in [5.74, 6) is 0. The van der Waals surface area contributed by atoms with Gasteiger partial charge in [-0.15, -0.1) is 0 Å². The minimum absolute atomic E-state index is 0.366. The van der Waals surface area contributed by atoms with Crippen LogP contribution in [-0.2, 0) is 4.74 Å². The number of rotatable bonds is 1. The molecular weight excluding hydrogens is 164 g/mol. The van der Waals surface area contributed by atoms with Crippen LogP contribution >= 0.6 is 0 Å². The Morgan fingerprint density at radius 3 is 2.17 bits per heavy atom. The number of aliphatic hydroxyl groups excluding tert-OH is 4. The zero-order valence-electron chi connectivity index (χ0n) is 6.79. The molecule has 0 aromatic carbocycles. The van der Waals surface area contributed by atoms with E-state index in [0.717, 1.165) is 0 Å². The monoisotopic (exact) mass is 178 g/mol. The van der Waals surface area contributed by atoms with Gasteiger partial charge in [-0.1, -0.05) is 0 Å². The van der Waals surface area contributed by atoms with E-state index in [0.29, 0.717) is 0 Å². The average molecular weight is 178 g/mol. The van der Waals surface area contributed by atoms with Crippen LogP contribution in [0.15, 0.2) is 0 Å². The van der Waals surface area contributed by atoms with Crippen molar-refractivity contribution in [2.24, 2.45) is 0 Å². The molecule has 0 saturated carbocycles. The topological polar surface area (TPSA) is 90.2 Å². The minimum Gasteiger partial charge on any atom is -0.394 e. The van der Waals surface area contributed by atoms with Crippen molar-refractivity contribution in [2.45, 2.75) is 37.4 Å². The number of hydrogen-bond donors (Lipinski definition) is 4. The van der Waals surface area contributed by atoms with Crippen LogP contribution in [0.5, 0.6) is 0 Å². The van der Waals surface area contributed by atoms with E-state index in [1.807, 2.05) is 0 Å². The maximum atomic E-state index is 9.23. The van der Waals surface area contributed by atoms with E-state index in [1.165, 1.54) is 0 Å². The second-order valence-corrected chi connectivity index (χ2v) is 3.03. The third kappa shape index (κ3) is 1.60. The van der Waals surface area contributed by atoms with Crippen LogP contribution < -0.4 is 0 Å². The Morgan fingerprint density at radius 1 is 1.08 bits per heavy atom. The van der Waals surface area contributed by atoms with Gasteiger partial charge in [-0.2, -0.15) is 0 Å². The van der Waals surface area contributed by atoms with Crippen LogP contribution in [-0.4, -0.2) is 57.6 Å². The van der Waals surface area contributed by atoms with E-state index in [1.54, 1.807) is 6.92 Å². The Bertz CT molecular complexity index is 146. The van der Waals surface area contributed by atoms with E-state index in [9.17, 15) is 15.3 Å². The molecule has 5 nitrogen and oxygen atoms in total. The Hall–Kier alpha value is -0.200. The van der Waals surface area contributed by atoms with Crippen LogP contribution in [0.1, 0.15) is 6.92 Å². The molecule has 5 heteroatoms. The number of hydrogen-bond acceptors (Lipinski definition) is 5. The van der Waals surface area contributed by atoms with Crippen molar-refractivity contribution in [1.82, 2.24) is 0 Å². The highest BCUT2D eigenvalue weighted by atomic mass is 16.5. The fourth-order valence-electron chi connectivity index (χ4n) is 1.29. The van der Waals surface area contributed by atoms with Crippen molar-refractivity contribution in [1.29, 1.82) is 0 Å². The van der Waals surface area contributed by atoms with Crippen molar-refractivity contribution < 1.29 is 25.2 Å². The molecule has 1 aliphatic rings. The predicted octanol–water partition coefficient (Wildman–Crippen LogP) is -2.15. The summed E-state index contributed by atoms with van der Waals surface area (Å²) in [6.45, 7) is 1.21. The third-order valence-corrected chi connectivity index (χ3v) is 2.13. The molecule has 1 aliphatic heterocycles. The summed E-state index contributed by atoms with van der Waals surface area (Å²) < 4.78 is 5.02. The predicted molar refractivity (Wildman–Crippen MR) is 39.4 cm³/mol. The molecule has 0 aliphatic carbocycles. The molecule has 3 unspecified atom stereocenters. The van der Waals surface area contributed by atoms with E-state index < -0.39 is 30.5 Å². The Balaban J connectivity index is 2.63. The van der Waals surface area contributed by atoms with E-state index in [4.69, 9.17) is 9.84 Å². The number of ether oxygens (including phenoxy) is 1. The smallest absolute Gasteiger partial charge is 0.111 e. The van der Waals surface area contributed by atoms with Crippen molar-refractivity contribution in [3.8, 4) is 0 Å². The van der Waals surface area contributed by atoms with Crippen molar-refractivity contribution in [3.63, 3.8) is 0 Å². The highest BCUT2D eigenvalue weighted by molar-refractivity contribution is 4.89. The first-order valence-electron chi connectivity index (χ1n) is 3.88. The largest absolute Gasteiger partial charge is 0.394 e. The molecule has 0 aromatic rings. The first kappa shape index (κ1) is 9.88. The number of aliphatic hydroxyl groups is 4. The van der Waals surface area contributed by atoms with Gasteiger partial charge in [0.05, 0.1) is 12.7 Å². The quantitative estimate of drug-likeness (QED) is 0.367. The van der Waals surface area contributed by atoms with Gasteiger partial charge in [0, 0.05) is 0 Å². The summed E-state index contributed by atoms with van der Waals surface area (Å²) in [4.78, 5) is 0. The van der Waals surface area contributed by atoms with Gasteiger partial charge in [0.15, 0.2) is 0 Å². The average Bonchev–Trinajstić information content (AvgIpc) is 2.08. The molecule has 1 heterocycles. The van der Waals surface area contributed by atoms with E-state index in [2.05, 4.69) is 0 Å². The summed E-state index contributed by atoms with van der Waals surface area (Å²) in [7, 11) is 0. The van der Waals surface area contributed by atoms with Gasteiger partial charge in [-0.3, -0.25) is 0 Å². The van der Waals surface area contributed by atoms with Crippen LogP contribution in [0, 0.1) is 0 Å². The normalized spacial score (nSPS) is 49.2. The maximum absolute atomic E-state index is 9.23. The maximum Gasteiger partial charge on any atom is 0.111 e. The van der Waals surface area contributed by atoms with E-state index >= 15 is 0 Å². The zero-order chi connectivity index (χ0) is 9.30. The SMILES string of the molecule is CC1OC(CO)[C@@H](O)[C@@H](O)C1O. The lowest BCUT2D eigenvalue weighted by Gasteiger charge is -2.38. The summed E-state index contributed by atoms with van der Waals surface area (Å²) in [5, 5.41) is 36.4. The highest BCUT2D eigenvalue weighted by Gasteiger charge is 2.41. The highest BCUT2D eigenvalue weighted by Crippen LogP contribution is 2.20. The molecule has 0 amide bonds. The Labute approximate surface area is 70.2 Å². The van der Waals surface area contributed by atoms with Crippen LogP contribution in [0.3, 0.4) is 0 Å². The Kier molecular flexibility index (Phi) is 3.03. The molecule has 1 saturated heterocycles. The first-order valence-corrected chi connectivity index (χ1v) is 3.88. The third-order valence-electron chi connectivity index (χ3n) is 2.13. The lowest BCUT2D eigenvalue weighted by Crippen LogP contribution is -2.57. The Morgan fingerprint density at radius 2 is 1.67 bits per heavy atom. The van der Waals surface area contributed by atoms with Gasteiger partial charge < -0.3 is 25.2 Å². The molecule has 0 radical (unpaired) electrons. The van der Waals surface area contributed by atoms with Crippen LogP contribution in [0.2, 0.25) is 0 Å². The summed E-state index contributed by atoms with van der Waals surface area (Å²) in [5.41, 5.74) is 0. The van der Waals surface area contributed by atoms with Crippen LogP contribution in [0.25, 0.3) is 0 Å². The fourth-order valence-corrected chi connectivity index (χ4v) is 1.29. The van der Waals surface area contributed by atoms with Gasteiger partial charge in [-0.05, 0) is 6.92 Å². The van der Waals surface area contributed by atoms with Crippen LogP contribution in [0.4, 0.5) is 0 Å². The molecule has 0 bridgehead atoms. The van der Waals surface area contributed by atoms with Gasteiger partial charge >= 0.3 is 0 Å². The molecule has 0 aromatic heterocycles. The molecular formula is C7H14O5. The van der Waals surface area contributed by atoms with Crippen molar-refractivity contribution in [2.75, 3.05) is 6.61 Å². The minimum atomic E-state index is -1.24. The summed E-state index contributed by atoms with van der Waals surface area (Å²) in [6.07, 6.45) is -4.94. The molecule has 4 N–H and O–H groups in total. The summed E-state index contributed by atoms with van der Waals surface area (Å²) in [6, 6.07) is 0. The van der Waals surface area contributed by atoms with Gasteiger partial charge in [0.25, 0.3) is 0 Å². The van der Waals surface area contributed by atoms with E-state index in [-0.39, 0.29) is 6.61 Å². The molecule has 1 fully saturated rings. The molecule has 1 rings (SSSR count). The zero-order valence-corrected chi connectivity index (χ0v) is 6.79. The first-order chi connectivity index (χ1) is 5.57. The van der Waals surface area contributed by atoms with Gasteiger partial charge in [0.2, 0.25) is 0 Å². The molecule has 5 atom stereocenters. The molecule has 72 valence electrons. The van der Waals surface area contributed by atoms with Gasteiger partial charge in [0.1, 0.15) is 24.4 Å². The lowest BCUT2D eigenvalue weighted by molar-refractivity contribution is -0.224. The second-order valence-electron chi connectivity index (χ2n) is 3.03. The van der Waals surface area contributed by atoms with Crippen molar-refractivity contribution in [3.05, 3.63) is 0 Å². The van der Waals surface area contributed by atoms with Crippen molar-refractivity contribution >= 4 is 0 Å². The standard InChI is InChI=1S/C7H14O5/c1-3-5(9)7(11)6(10)4(2-8)12-3/h3-11H,2H2,1H3/t3?,4?,5?,6-,7+/m1/s1. The second kappa shape index (κ2) is 3.68. The van der Waals surface area contributed by atoms with Gasteiger partial charge in [-0.25, -0.2) is 0 Å². The summed E-state index contributed by atoms with van der Waals surface area (Å²) >= 11 is 0. The lowest BCUT2D eigenvalue weighted by atomic mass is 9.96. The molecule has 0 spiro atoms.